The van der Waals surface area contributed by atoms with E-state index >= 15 is 0 Å². The van der Waals surface area contributed by atoms with E-state index in [1.165, 1.54) is 7.11 Å². The van der Waals surface area contributed by atoms with E-state index in [1.807, 2.05) is 80.6 Å². The van der Waals surface area contributed by atoms with Crippen LogP contribution in [0, 0.1) is 0 Å². The topological polar surface area (TPSA) is 104 Å². The zero-order valence-electron chi connectivity index (χ0n) is 24.7. The fraction of sp³-hybridized carbons (Fsp3) is 0.257. The largest absolute Gasteiger partial charge is 0.490 e. The predicted molar refractivity (Wildman–Crippen MR) is 166 cm³/mol. The van der Waals surface area contributed by atoms with Crippen LogP contribution < -0.4 is 14.8 Å². The van der Waals surface area contributed by atoms with Crippen molar-refractivity contribution in [3.8, 4) is 33.9 Å². The van der Waals surface area contributed by atoms with Crippen molar-refractivity contribution >= 4 is 23.5 Å². The Morgan fingerprint density at radius 3 is 2.21 bits per heavy atom. The predicted octanol–water partition coefficient (Wildman–Crippen LogP) is 6.92. The monoisotopic (exact) mass is 580 g/mol. The van der Waals surface area contributed by atoms with Gasteiger partial charge in [0.1, 0.15) is 5.82 Å². The lowest BCUT2D eigenvalue weighted by atomic mass is 9.99. The SMILES string of the molecule is CCOc1ccc(C(=O)CCC(=O)Nc2cc(-c3cccc(CCC(=O)OC)c3)cc(-c3ccccc3)n2)cc1OCC. The molecule has 1 N–H and O–H groups in total. The van der Waals surface area contributed by atoms with Crippen LogP contribution in [0.5, 0.6) is 11.5 Å². The molecule has 43 heavy (non-hydrogen) atoms. The first-order chi connectivity index (χ1) is 20.9. The molecule has 1 heterocycles. The zero-order valence-corrected chi connectivity index (χ0v) is 24.7. The number of ether oxygens (including phenoxy) is 3. The number of nitrogens with zero attached hydrogens (tertiary/aromatic N) is 1. The molecule has 0 saturated heterocycles. The van der Waals surface area contributed by atoms with E-state index in [2.05, 4.69) is 5.32 Å². The Labute approximate surface area is 252 Å². The van der Waals surface area contributed by atoms with Gasteiger partial charge in [0.2, 0.25) is 5.91 Å². The summed E-state index contributed by atoms with van der Waals surface area (Å²) in [6.45, 7) is 4.67. The highest BCUT2D eigenvalue weighted by Crippen LogP contribution is 2.30. The van der Waals surface area contributed by atoms with Gasteiger partial charge in [0.05, 0.1) is 26.0 Å². The van der Waals surface area contributed by atoms with Gasteiger partial charge in [0.15, 0.2) is 17.3 Å². The highest BCUT2D eigenvalue weighted by molar-refractivity contribution is 6.00. The van der Waals surface area contributed by atoms with E-state index in [9.17, 15) is 14.4 Å². The number of pyridine rings is 1. The van der Waals surface area contributed by atoms with Crippen molar-refractivity contribution < 1.29 is 28.6 Å². The van der Waals surface area contributed by atoms with Gasteiger partial charge in [0.25, 0.3) is 0 Å². The molecule has 1 aromatic heterocycles. The molecule has 8 heteroatoms. The quantitative estimate of drug-likeness (QED) is 0.128. The Balaban J connectivity index is 1.52. The van der Waals surface area contributed by atoms with Crippen LogP contribution in [0.2, 0.25) is 0 Å². The summed E-state index contributed by atoms with van der Waals surface area (Å²) < 4.78 is 16.0. The number of aryl methyl sites for hydroxylation is 1. The summed E-state index contributed by atoms with van der Waals surface area (Å²) in [5.41, 5.74) is 4.83. The van der Waals surface area contributed by atoms with E-state index in [1.54, 1.807) is 18.2 Å². The molecule has 0 radical (unpaired) electrons. The lowest BCUT2D eigenvalue weighted by Crippen LogP contribution is -2.15. The van der Waals surface area contributed by atoms with Crippen molar-refractivity contribution in [1.82, 2.24) is 4.98 Å². The average Bonchev–Trinajstić information content (AvgIpc) is 3.04. The molecule has 4 aromatic rings. The highest BCUT2D eigenvalue weighted by atomic mass is 16.5. The third kappa shape index (κ3) is 8.75. The number of benzene rings is 3. The molecule has 0 spiro atoms. The lowest BCUT2D eigenvalue weighted by molar-refractivity contribution is -0.140. The second-order valence-corrected chi connectivity index (χ2v) is 9.77. The Hall–Kier alpha value is -4.98. The maximum Gasteiger partial charge on any atom is 0.305 e. The van der Waals surface area contributed by atoms with Gasteiger partial charge in [-0.05, 0) is 67.3 Å². The number of nitrogens with one attached hydrogen (secondary N) is 1. The molecule has 0 unspecified atom stereocenters. The smallest absolute Gasteiger partial charge is 0.305 e. The number of aromatic nitrogens is 1. The van der Waals surface area contributed by atoms with E-state index in [4.69, 9.17) is 19.2 Å². The van der Waals surface area contributed by atoms with Gasteiger partial charge >= 0.3 is 5.97 Å². The molecule has 0 saturated carbocycles. The van der Waals surface area contributed by atoms with Crippen LogP contribution in [-0.4, -0.2) is 43.0 Å². The molecule has 8 nitrogen and oxygen atoms in total. The zero-order chi connectivity index (χ0) is 30.6. The normalized spacial score (nSPS) is 10.6. The number of rotatable bonds is 14. The summed E-state index contributed by atoms with van der Waals surface area (Å²) in [6.07, 6.45) is 0.856. The average molecular weight is 581 g/mol. The first kappa shape index (κ1) is 31.0. The maximum atomic E-state index is 13.0. The summed E-state index contributed by atoms with van der Waals surface area (Å²) in [5, 5.41) is 2.88. The van der Waals surface area contributed by atoms with Gasteiger partial charge in [-0.1, -0.05) is 54.6 Å². The molecule has 0 atom stereocenters. The number of hydrogen-bond donors (Lipinski definition) is 1. The van der Waals surface area contributed by atoms with Crippen molar-refractivity contribution in [2.24, 2.45) is 0 Å². The Morgan fingerprint density at radius 2 is 1.47 bits per heavy atom. The first-order valence-electron chi connectivity index (χ1n) is 14.4. The number of amides is 1. The number of anilines is 1. The second kappa shape index (κ2) is 15.3. The van der Waals surface area contributed by atoms with Crippen molar-refractivity contribution in [1.29, 1.82) is 0 Å². The number of ketones is 1. The van der Waals surface area contributed by atoms with Crippen LogP contribution >= 0.6 is 0 Å². The summed E-state index contributed by atoms with van der Waals surface area (Å²) in [6, 6.07) is 26.4. The first-order valence-corrected chi connectivity index (χ1v) is 14.4. The van der Waals surface area contributed by atoms with Gasteiger partial charge in [-0.15, -0.1) is 0 Å². The van der Waals surface area contributed by atoms with Crippen LogP contribution in [0.1, 0.15) is 49.0 Å². The van der Waals surface area contributed by atoms with Crippen LogP contribution in [0.25, 0.3) is 22.4 Å². The van der Waals surface area contributed by atoms with E-state index < -0.39 is 0 Å². The molecule has 0 aliphatic carbocycles. The van der Waals surface area contributed by atoms with Gasteiger partial charge in [-0.2, -0.15) is 0 Å². The minimum Gasteiger partial charge on any atom is -0.490 e. The summed E-state index contributed by atoms with van der Waals surface area (Å²) in [5.74, 6) is 0.709. The molecule has 0 aliphatic heterocycles. The molecule has 0 fully saturated rings. The van der Waals surface area contributed by atoms with E-state index in [0.29, 0.717) is 48.2 Å². The molecular weight excluding hydrogens is 544 g/mol. The van der Waals surface area contributed by atoms with Crippen LogP contribution in [0.3, 0.4) is 0 Å². The van der Waals surface area contributed by atoms with Gasteiger partial charge < -0.3 is 19.5 Å². The Kier molecular flexibility index (Phi) is 11.0. The molecule has 0 bridgehead atoms. The van der Waals surface area contributed by atoms with Crippen molar-refractivity contribution in [3.05, 3.63) is 96.1 Å². The molecule has 3 aromatic carbocycles. The van der Waals surface area contributed by atoms with Crippen LogP contribution in [0.15, 0.2) is 84.9 Å². The highest BCUT2D eigenvalue weighted by Gasteiger charge is 2.15. The minimum absolute atomic E-state index is 0.00833. The van der Waals surface area contributed by atoms with Crippen LogP contribution in [0.4, 0.5) is 5.82 Å². The number of esters is 1. The number of methoxy groups -OCH3 is 1. The van der Waals surface area contributed by atoms with Gasteiger partial charge in [0, 0.05) is 30.4 Å². The van der Waals surface area contributed by atoms with Gasteiger partial charge in [-0.3, -0.25) is 14.4 Å². The van der Waals surface area contributed by atoms with Gasteiger partial charge in [-0.25, -0.2) is 4.98 Å². The third-order valence-corrected chi connectivity index (χ3v) is 6.71. The number of carbonyl (C=O) groups is 3. The van der Waals surface area contributed by atoms with E-state index in [-0.39, 0.29) is 36.9 Å². The van der Waals surface area contributed by atoms with Crippen molar-refractivity contribution in [3.63, 3.8) is 0 Å². The van der Waals surface area contributed by atoms with E-state index in [0.717, 1.165) is 22.3 Å². The Morgan fingerprint density at radius 1 is 0.721 bits per heavy atom. The third-order valence-electron chi connectivity index (χ3n) is 6.71. The van der Waals surface area contributed by atoms with Crippen LogP contribution in [-0.2, 0) is 20.7 Å². The van der Waals surface area contributed by atoms with Crippen molar-refractivity contribution in [2.45, 2.75) is 39.5 Å². The standard InChI is InChI=1S/C35H36N2O6/c1-4-42-31-17-15-27(22-32(31)43-5-2)30(38)16-18-34(39)37-33-23-28(21-29(36-33)25-11-7-6-8-12-25)26-13-9-10-24(20-26)14-19-35(40)41-3/h6-13,15,17,20-23H,4-5,14,16,18-19H2,1-3H3,(H,36,37,39). The number of carbonyl (C=O) groups excluding carboxylic acids is 3. The summed E-state index contributed by atoms with van der Waals surface area (Å²) >= 11 is 0. The van der Waals surface area contributed by atoms with Crippen molar-refractivity contribution in [2.75, 3.05) is 25.6 Å². The molecular formula is C35H36N2O6. The summed E-state index contributed by atoms with van der Waals surface area (Å²) in [4.78, 5) is 42.3. The lowest BCUT2D eigenvalue weighted by Gasteiger charge is -2.13. The Bertz CT molecular complexity index is 1570. The fourth-order valence-electron chi connectivity index (χ4n) is 4.57. The number of Topliss-reactive ketones (excluding diaryl/α,β-unsaturated/α-hetero) is 1. The minimum atomic E-state index is -0.320. The molecule has 1 amide bonds. The second-order valence-electron chi connectivity index (χ2n) is 9.77. The maximum absolute atomic E-state index is 13.0. The molecule has 0 aliphatic rings. The summed E-state index contributed by atoms with van der Waals surface area (Å²) in [7, 11) is 1.38. The molecule has 4 rings (SSSR count). The fourth-order valence-corrected chi connectivity index (χ4v) is 4.57. The molecule has 222 valence electrons. The number of hydrogen-bond acceptors (Lipinski definition) is 7.